The van der Waals surface area contributed by atoms with Crippen molar-refractivity contribution in [1.29, 1.82) is 0 Å². The van der Waals surface area contributed by atoms with Crippen LogP contribution >= 0.6 is 0 Å². The maximum atomic E-state index is 14.1. The van der Waals surface area contributed by atoms with Gasteiger partial charge in [0.2, 0.25) is 5.78 Å². The number of hydrogen-bond acceptors (Lipinski definition) is 9. The van der Waals surface area contributed by atoms with Crippen LogP contribution < -0.4 is 10.5 Å². The zero-order valence-electron chi connectivity index (χ0n) is 21.4. The maximum Gasteiger partial charge on any atom is 0.255 e. The highest BCUT2D eigenvalue weighted by Gasteiger charge is 2.67. The maximum absolute atomic E-state index is 14.1. The summed E-state index contributed by atoms with van der Waals surface area (Å²) in [6, 6.07) is 2.49. The third kappa shape index (κ3) is 3.06. The number of carbonyl (C=O) groups excluding carboxylic acids is 3. The van der Waals surface area contributed by atoms with Gasteiger partial charge in [0.25, 0.3) is 5.91 Å². The number of fused-ring (bicyclic) bond motifs is 5. The highest BCUT2D eigenvalue weighted by Crippen LogP contribution is 2.56. The first kappa shape index (κ1) is 25.4. The molecule has 6 atom stereocenters. The molecule has 0 aromatic heterocycles. The Hall–Kier alpha value is -3.21. The molecular formula is C27H32N2O8. The molecule has 4 aliphatic rings. The Kier molecular flexibility index (Phi) is 5.43. The van der Waals surface area contributed by atoms with Gasteiger partial charge in [-0.15, -0.1) is 0 Å². The number of carbonyl (C=O) groups is 3. The number of aliphatic hydroxyl groups is 4. The lowest BCUT2D eigenvalue weighted by molar-refractivity contribution is -0.162. The molecule has 0 unspecified atom stereocenters. The molecule has 6 N–H and O–H groups in total. The minimum atomic E-state index is -2.86. The Labute approximate surface area is 214 Å². The topological polar surface area (TPSA) is 171 Å². The van der Waals surface area contributed by atoms with E-state index >= 15 is 0 Å². The van der Waals surface area contributed by atoms with Crippen LogP contribution in [0.3, 0.4) is 0 Å². The molecular weight excluding hydrogens is 480 g/mol. The molecule has 3 aliphatic carbocycles. The summed E-state index contributed by atoms with van der Waals surface area (Å²) in [5.74, 6) is -7.58. The predicted octanol–water partition coefficient (Wildman–Crippen LogP) is 1.01. The van der Waals surface area contributed by atoms with Crippen molar-refractivity contribution in [2.45, 2.75) is 56.3 Å². The third-order valence-electron chi connectivity index (χ3n) is 8.81. The molecule has 0 fully saturated rings. The van der Waals surface area contributed by atoms with Gasteiger partial charge in [-0.05, 0) is 37.4 Å². The molecule has 0 saturated carbocycles. The Morgan fingerprint density at radius 1 is 1.19 bits per heavy atom. The van der Waals surface area contributed by atoms with Crippen molar-refractivity contribution < 1.29 is 39.5 Å². The van der Waals surface area contributed by atoms with Crippen molar-refractivity contribution in [2.75, 3.05) is 20.7 Å². The lowest BCUT2D eigenvalue weighted by Gasteiger charge is -2.53. The molecule has 1 amide bonds. The first-order valence-electron chi connectivity index (χ1n) is 12.3. The number of likely N-dealkylation sites (N-methyl/N-ethyl adjacent to an activating group) is 1. The molecule has 10 nitrogen and oxygen atoms in total. The van der Waals surface area contributed by atoms with E-state index in [0.29, 0.717) is 17.9 Å². The summed E-state index contributed by atoms with van der Waals surface area (Å²) < 4.78 is 5.96. The number of aliphatic hydroxyl groups excluding tert-OH is 3. The molecule has 198 valence electrons. The summed E-state index contributed by atoms with van der Waals surface area (Å²) in [4.78, 5) is 41.1. The summed E-state index contributed by atoms with van der Waals surface area (Å²) in [5.41, 5.74) is 2.72. The normalized spacial score (nSPS) is 34.4. The van der Waals surface area contributed by atoms with Gasteiger partial charge in [-0.25, -0.2) is 0 Å². The van der Waals surface area contributed by atoms with Crippen LogP contribution in [0.2, 0.25) is 0 Å². The van der Waals surface area contributed by atoms with Crippen molar-refractivity contribution in [2.24, 2.45) is 17.6 Å². The molecule has 37 heavy (non-hydrogen) atoms. The Bertz CT molecular complexity index is 1330. The van der Waals surface area contributed by atoms with E-state index in [0.717, 1.165) is 12.0 Å². The Morgan fingerprint density at radius 2 is 1.84 bits per heavy atom. The molecule has 5 rings (SSSR count). The number of Topliss-reactive ketones (excluding diaryl/α,β-unsaturated/α-hetero) is 2. The van der Waals surface area contributed by atoms with Gasteiger partial charge in [-0.3, -0.25) is 19.3 Å². The fourth-order valence-corrected chi connectivity index (χ4v) is 6.84. The molecule has 1 aliphatic heterocycles. The van der Waals surface area contributed by atoms with Crippen molar-refractivity contribution in [1.82, 2.24) is 4.90 Å². The number of nitrogens with two attached hydrogens (primary N) is 1. The summed E-state index contributed by atoms with van der Waals surface area (Å²) in [5, 5.41) is 45.8. The van der Waals surface area contributed by atoms with Gasteiger partial charge in [0, 0.05) is 17.1 Å². The molecule has 0 saturated heterocycles. The quantitative estimate of drug-likeness (QED) is 0.363. The second-order valence-electron chi connectivity index (χ2n) is 11.4. The number of benzene rings is 1. The summed E-state index contributed by atoms with van der Waals surface area (Å²) >= 11 is 0. The number of primary amides is 1. The van der Waals surface area contributed by atoms with E-state index in [4.69, 9.17) is 10.5 Å². The van der Waals surface area contributed by atoms with Gasteiger partial charge in [0.15, 0.2) is 11.4 Å². The van der Waals surface area contributed by atoms with E-state index in [1.54, 1.807) is 6.92 Å². The zero-order chi connectivity index (χ0) is 27.4. The highest BCUT2D eigenvalue weighted by atomic mass is 16.5. The number of amides is 1. The fraction of sp³-hybridized carbons (Fsp3) is 0.519. The van der Waals surface area contributed by atoms with Crippen molar-refractivity contribution in [3.8, 4) is 5.75 Å². The lowest BCUT2D eigenvalue weighted by Crippen LogP contribution is -2.68. The average Bonchev–Trinajstić information content (AvgIpc) is 2.80. The van der Waals surface area contributed by atoms with E-state index in [1.165, 1.54) is 19.0 Å². The number of hydrogen-bond donors (Lipinski definition) is 5. The van der Waals surface area contributed by atoms with Gasteiger partial charge in [-0.2, -0.15) is 0 Å². The largest absolute Gasteiger partial charge is 0.510 e. The van der Waals surface area contributed by atoms with Crippen LogP contribution in [-0.2, 0) is 15.0 Å². The Balaban J connectivity index is 1.80. The highest BCUT2D eigenvalue weighted by molar-refractivity contribution is 6.25. The van der Waals surface area contributed by atoms with Crippen LogP contribution in [0.25, 0.3) is 0 Å². The summed E-state index contributed by atoms with van der Waals surface area (Å²) in [7, 11) is 3.05. The first-order valence-corrected chi connectivity index (χ1v) is 12.3. The molecule has 0 spiro atoms. The van der Waals surface area contributed by atoms with E-state index in [2.05, 4.69) is 0 Å². The van der Waals surface area contributed by atoms with Crippen molar-refractivity contribution in [3.63, 3.8) is 0 Å². The lowest BCUT2D eigenvalue weighted by atomic mass is 9.55. The summed E-state index contributed by atoms with van der Waals surface area (Å²) in [6.45, 7) is 6.26. The van der Waals surface area contributed by atoms with Crippen LogP contribution in [0, 0.1) is 11.8 Å². The van der Waals surface area contributed by atoms with Crippen LogP contribution in [0.15, 0.2) is 34.8 Å². The SMILES string of the molecule is C[C@@H]1c2ccc3c(c2C(=O)C2=C(O)[C@@]4(O)C(=O)C(C(N)=O)=C(O)[C@H](N(C)C)[C@H]4[C@H](O)[C@H]21)OCCC3(C)C. The van der Waals surface area contributed by atoms with E-state index < -0.39 is 70.1 Å². The van der Waals surface area contributed by atoms with E-state index in [-0.39, 0.29) is 16.6 Å². The zero-order valence-corrected chi connectivity index (χ0v) is 21.4. The number of ketones is 2. The Morgan fingerprint density at radius 3 is 2.43 bits per heavy atom. The van der Waals surface area contributed by atoms with Gasteiger partial charge in [-0.1, -0.05) is 32.9 Å². The average molecular weight is 513 g/mol. The second kappa shape index (κ2) is 7.89. The molecule has 0 radical (unpaired) electrons. The minimum Gasteiger partial charge on any atom is -0.510 e. The number of nitrogens with zero attached hydrogens (tertiary/aromatic N) is 1. The van der Waals surface area contributed by atoms with Crippen molar-refractivity contribution in [3.05, 3.63) is 51.5 Å². The molecule has 1 aromatic carbocycles. The molecule has 1 aromatic rings. The van der Waals surface area contributed by atoms with E-state index in [9.17, 15) is 34.8 Å². The molecule has 1 heterocycles. The second-order valence-corrected chi connectivity index (χ2v) is 11.4. The van der Waals surface area contributed by atoms with Gasteiger partial charge in [0.05, 0.1) is 30.2 Å². The predicted molar refractivity (Wildman–Crippen MR) is 131 cm³/mol. The first-order chi connectivity index (χ1) is 17.2. The van der Waals surface area contributed by atoms with Crippen LogP contribution in [0.5, 0.6) is 5.75 Å². The smallest absolute Gasteiger partial charge is 0.255 e. The monoisotopic (exact) mass is 512 g/mol. The number of ether oxygens (including phenoxy) is 1. The van der Waals surface area contributed by atoms with Crippen LogP contribution in [-0.4, -0.2) is 81.2 Å². The third-order valence-corrected chi connectivity index (χ3v) is 8.81. The number of rotatable bonds is 2. The van der Waals surface area contributed by atoms with Crippen LogP contribution in [0.4, 0.5) is 0 Å². The van der Waals surface area contributed by atoms with Gasteiger partial charge in [0.1, 0.15) is 22.8 Å². The van der Waals surface area contributed by atoms with Crippen LogP contribution in [0.1, 0.15) is 54.6 Å². The summed E-state index contributed by atoms with van der Waals surface area (Å²) in [6.07, 6.45) is -0.810. The molecule has 0 bridgehead atoms. The van der Waals surface area contributed by atoms with E-state index in [1.807, 2.05) is 26.0 Å². The fourth-order valence-electron chi connectivity index (χ4n) is 6.84. The molecule has 10 heteroatoms. The van der Waals surface area contributed by atoms with Gasteiger partial charge >= 0.3 is 0 Å². The minimum absolute atomic E-state index is 0.228. The van der Waals surface area contributed by atoms with Crippen molar-refractivity contribution >= 4 is 17.5 Å². The van der Waals surface area contributed by atoms with Gasteiger partial charge < -0.3 is 30.9 Å². The standard InChI is InChI=1S/C27H32N2O8/c1-10-11-6-7-12-22(37-9-8-26(12,2)3)14(11)19(30)15-13(10)20(31)17-18(29(4)5)21(32)16(25(28)35)24(34)27(17,36)23(15)33/h6-7,10,13,17-18,20,31-33,36H,8-9H2,1-5H3,(H2,28,35)/t10-,13+,17+,18-,20-,27-/m1/s1.